The summed E-state index contributed by atoms with van der Waals surface area (Å²) in [5.74, 6) is -0.675. The highest BCUT2D eigenvalue weighted by Crippen LogP contribution is 2.22. The molecule has 0 amide bonds. The van der Waals surface area contributed by atoms with E-state index in [9.17, 15) is 4.79 Å². The molecule has 0 saturated heterocycles. The first-order valence-corrected chi connectivity index (χ1v) is 6.12. The monoisotopic (exact) mass is 231 g/mol. The lowest BCUT2D eigenvalue weighted by Gasteiger charge is -2.17. The molecule has 0 radical (unpaired) electrons. The first-order chi connectivity index (χ1) is 7.15. The van der Waals surface area contributed by atoms with E-state index in [1.54, 1.807) is 0 Å². The van der Waals surface area contributed by atoms with Gasteiger partial charge in [-0.25, -0.2) is 0 Å². The van der Waals surface area contributed by atoms with Gasteiger partial charge in [0.15, 0.2) is 0 Å². The quantitative estimate of drug-likeness (QED) is 0.713. The Kier molecular flexibility index (Phi) is 10.7. The molecule has 0 spiro atoms. The number of carboxylic acids is 1. The molecular formula is C13H29NO2. The topological polar surface area (TPSA) is 63.3 Å². The zero-order valence-corrected chi connectivity index (χ0v) is 11.5. The molecule has 0 aliphatic rings. The van der Waals surface area contributed by atoms with Gasteiger partial charge in [-0.2, -0.15) is 0 Å². The normalized spacial score (nSPS) is 10.9. The van der Waals surface area contributed by atoms with Crippen LogP contribution in [0, 0.1) is 5.41 Å². The largest absolute Gasteiger partial charge is 0.481 e. The number of rotatable bonds is 5. The van der Waals surface area contributed by atoms with Gasteiger partial charge in [-0.3, -0.25) is 4.79 Å². The average Bonchev–Trinajstić information content (AvgIpc) is 1.99. The lowest BCUT2D eigenvalue weighted by Crippen LogP contribution is -2.06. The fraction of sp³-hybridized carbons (Fsp3) is 0.923. The number of hydrogen-bond acceptors (Lipinski definition) is 2. The van der Waals surface area contributed by atoms with Crippen molar-refractivity contribution in [3.05, 3.63) is 0 Å². The molecule has 0 saturated carbocycles. The third kappa shape index (κ3) is 29.2. The van der Waals surface area contributed by atoms with Gasteiger partial charge in [0.05, 0.1) is 0 Å². The molecule has 3 N–H and O–H groups in total. The first-order valence-electron chi connectivity index (χ1n) is 6.12. The summed E-state index contributed by atoms with van der Waals surface area (Å²) in [5, 5.41) is 8.37. The second kappa shape index (κ2) is 9.64. The van der Waals surface area contributed by atoms with Crippen molar-refractivity contribution in [3.63, 3.8) is 0 Å². The van der Waals surface area contributed by atoms with Crippen LogP contribution in [0.3, 0.4) is 0 Å². The lowest BCUT2D eigenvalue weighted by atomic mass is 9.89. The number of carbonyl (C=O) groups is 1. The molecule has 0 heterocycles. The molecule has 0 aromatic heterocycles. The van der Waals surface area contributed by atoms with Gasteiger partial charge in [0.1, 0.15) is 0 Å². The SMILES string of the molecule is CC(C)(C)CCCCCC(=O)O.CC(C)N. The maximum absolute atomic E-state index is 10.2. The van der Waals surface area contributed by atoms with Gasteiger partial charge in [-0.15, -0.1) is 0 Å². The average molecular weight is 231 g/mol. The van der Waals surface area contributed by atoms with Gasteiger partial charge in [0.25, 0.3) is 0 Å². The Morgan fingerprint density at radius 3 is 1.94 bits per heavy atom. The fourth-order valence-electron chi connectivity index (χ4n) is 1.11. The highest BCUT2D eigenvalue weighted by molar-refractivity contribution is 5.66. The van der Waals surface area contributed by atoms with Gasteiger partial charge < -0.3 is 10.8 Å². The summed E-state index contributed by atoms with van der Waals surface area (Å²) in [7, 11) is 0. The number of unbranched alkanes of at least 4 members (excludes halogenated alkanes) is 2. The number of hydrogen-bond donors (Lipinski definition) is 2. The van der Waals surface area contributed by atoms with E-state index >= 15 is 0 Å². The van der Waals surface area contributed by atoms with Crippen LogP contribution in [0.15, 0.2) is 0 Å². The molecule has 3 heteroatoms. The van der Waals surface area contributed by atoms with Crippen LogP contribution >= 0.6 is 0 Å². The molecule has 0 aromatic carbocycles. The van der Waals surface area contributed by atoms with Crippen LogP contribution in [0.4, 0.5) is 0 Å². The molecule has 3 nitrogen and oxygen atoms in total. The van der Waals surface area contributed by atoms with Gasteiger partial charge in [-0.1, -0.05) is 47.5 Å². The Morgan fingerprint density at radius 2 is 1.62 bits per heavy atom. The highest BCUT2D eigenvalue weighted by atomic mass is 16.4. The van der Waals surface area contributed by atoms with Crippen molar-refractivity contribution in [1.29, 1.82) is 0 Å². The predicted molar refractivity (Wildman–Crippen MR) is 69.5 cm³/mol. The van der Waals surface area contributed by atoms with Crippen molar-refractivity contribution >= 4 is 5.97 Å². The van der Waals surface area contributed by atoms with Crippen molar-refractivity contribution in [2.75, 3.05) is 0 Å². The van der Waals surface area contributed by atoms with E-state index in [-0.39, 0.29) is 0 Å². The summed E-state index contributed by atoms with van der Waals surface area (Å²) in [5.41, 5.74) is 5.50. The minimum Gasteiger partial charge on any atom is -0.481 e. The van der Waals surface area contributed by atoms with Crippen molar-refractivity contribution in [1.82, 2.24) is 0 Å². The first kappa shape index (κ1) is 17.8. The van der Waals surface area contributed by atoms with E-state index in [2.05, 4.69) is 20.8 Å². The van der Waals surface area contributed by atoms with Crippen LogP contribution < -0.4 is 5.73 Å². The van der Waals surface area contributed by atoms with Crippen molar-refractivity contribution in [2.45, 2.75) is 72.8 Å². The standard InChI is InChI=1S/C10H20O2.C3H9N/c1-10(2,3)8-6-4-5-7-9(11)12;1-3(2)4/h4-8H2,1-3H3,(H,11,12);3H,4H2,1-2H3. The van der Waals surface area contributed by atoms with Gasteiger partial charge in [0, 0.05) is 6.42 Å². The third-order valence-corrected chi connectivity index (χ3v) is 1.82. The zero-order chi connectivity index (χ0) is 13.2. The summed E-state index contributed by atoms with van der Waals surface area (Å²) in [6, 6.07) is 0.333. The van der Waals surface area contributed by atoms with Crippen LogP contribution in [0.2, 0.25) is 0 Å². The summed E-state index contributed by atoms with van der Waals surface area (Å²) >= 11 is 0. The minimum atomic E-state index is -0.675. The molecule has 0 aliphatic heterocycles. The van der Waals surface area contributed by atoms with Gasteiger partial charge >= 0.3 is 5.97 Å². The number of aliphatic carboxylic acids is 1. The molecule has 98 valence electrons. The molecule has 0 bridgehead atoms. The van der Waals surface area contributed by atoms with E-state index in [0.717, 1.165) is 19.3 Å². The van der Waals surface area contributed by atoms with Crippen LogP contribution in [-0.2, 0) is 4.79 Å². The number of carboxylic acid groups (broad SMARTS) is 1. The van der Waals surface area contributed by atoms with Crippen LogP contribution in [0.25, 0.3) is 0 Å². The predicted octanol–water partition coefficient (Wildman–Crippen LogP) is 3.42. The maximum atomic E-state index is 10.2. The third-order valence-electron chi connectivity index (χ3n) is 1.82. The van der Waals surface area contributed by atoms with Gasteiger partial charge in [0.2, 0.25) is 0 Å². The second-order valence-corrected chi connectivity index (χ2v) is 5.76. The Morgan fingerprint density at radius 1 is 1.19 bits per heavy atom. The molecule has 0 unspecified atom stereocenters. The number of nitrogens with two attached hydrogens (primary N) is 1. The maximum Gasteiger partial charge on any atom is 0.303 e. The molecule has 0 atom stereocenters. The van der Waals surface area contributed by atoms with E-state index < -0.39 is 5.97 Å². The summed E-state index contributed by atoms with van der Waals surface area (Å²) in [6.45, 7) is 10.5. The molecule has 16 heavy (non-hydrogen) atoms. The minimum absolute atomic E-state index is 0.324. The molecular weight excluding hydrogens is 202 g/mol. The summed E-state index contributed by atoms with van der Waals surface area (Å²) in [4.78, 5) is 10.2. The molecule has 0 aliphatic carbocycles. The second-order valence-electron chi connectivity index (χ2n) is 5.76. The molecule has 0 aromatic rings. The van der Waals surface area contributed by atoms with E-state index in [4.69, 9.17) is 10.8 Å². The van der Waals surface area contributed by atoms with E-state index in [1.807, 2.05) is 13.8 Å². The summed E-state index contributed by atoms with van der Waals surface area (Å²) in [6.07, 6.45) is 4.53. The van der Waals surface area contributed by atoms with Crippen LogP contribution in [0.5, 0.6) is 0 Å². The summed E-state index contributed by atoms with van der Waals surface area (Å²) < 4.78 is 0. The van der Waals surface area contributed by atoms with Crippen LogP contribution in [-0.4, -0.2) is 17.1 Å². The van der Waals surface area contributed by atoms with Gasteiger partial charge in [-0.05, 0) is 24.3 Å². The van der Waals surface area contributed by atoms with Crippen molar-refractivity contribution in [2.24, 2.45) is 11.1 Å². The smallest absolute Gasteiger partial charge is 0.303 e. The lowest BCUT2D eigenvalue weighted by molar-refractivity contribution is -0.137. The Balaban J connectivity index is 0. The van der Waals surface area contributed by atoms with E-state index in [1.165, 1.54) is 6.42 Å². The molecule has 0 rings (SSSR count). The highest BCUT2D eigenvalue weighted by Gasteiger charge is 2.08. The van der Waals surface area contributed by atoms with Crippen molar-refractivity contribution < 1.29 is 9.90 Å². The zero-order valence-electron chi connectivity index (χ0n) is 11.5. The Labute approximate surface area is 100 Å². The fourth-order valence-corrected chi connectivity index (χ4v) is 1.11. The Bertz CT molecular complexity index is 169. The van der Waals surface area contributed by atoms with E-state index in [0.29, 0.717) is 17.9 Å². The van der Waals surface area contributed by atoms with Crippen LogP contribution in [0.1, 0.15) is 66.7 Å². The Hall–Kier alpha value is -0.570. The molecule has 0 fully saturated rings. The van der Waals surface area contributed by atoms with Crippen molar-refractivity contribution in [3.8, 4) is 0 Å².